The molecular weight excluding hydrogens is 408 g/mol. The molecule has 6 heteroatoms. The minimum Gasteiger partial charge on any atom is -0.493 e. The Labute approximate surface area is 182 Å². The first-order chi connectivity index (χ1) is 15.1. The van der Waals surface area contributed by atoms with E-state index in [0.29, 0.717) is 27.6 Å². The number of hydrogen-bond donors (Lipinski definition) is 0. The Morgan fingerprint density at radius 1 is 1.03 bits per heavy atom. The standard InChI is InChI=1S/C25H20N2O3S/c1-16-7-9-17(10-8-16)15-30-21-12-11-18(13-22(21)29-2)14-23-24(28)27-20-6-4-3-5-19(20)26-25(27)31-23/h3-14H,15H2,1-2H3/b23-14-. The summed E-state index contributed by atoms with van der Waals surface area (Å²) >= 11 is 1.38. The molecule has 0 aliphatic rings. The van der Waals surface area contributed by atoms with Crippen molar-refractivity contribution in [2.75, 3.05) is 7.11 Å². The summed E-state index contributed by atoms with van der Waals surface area (Å²) in [6.07, 6.45) is 1.86. The van der Waals surface area contributed by atoms with E-state index in [1.807, 2.05) is 48.5 Å². The summed E-state index contributed by atoms with van der Waals surface area (Å²) < 4.78 is 13.8. The monoisotopic (exact) mass is 428 g/mol. The Bertz CT molecular complexity index is 1500. The van der Waals surface area contributed by atoms with E-state index in [0.717, 1.165) is 22.2 Å². The molecule has 154 valence electrons. The first kappa shape index (κ1) is 19.3. The van der Waals surface area contributed by atoms with Crippen LogP contribution in [0.5, 0.6) is 11.5 Å². The Morgan fingerprint density at radius 2 is 1.84 bits per heavy atom. The van der Waals surface area contributed by atoms with Crippen LogP contribution in [0.1, 0.15) is 16.7 Å². The van der Waals surface area contributed by atoms with E-state index in [9.17, 15) is 4.79 Å². The van der Waals surface area contributed by atoms with E-state index in [2.05, 4.69) is 36.2 Å². The number of rotatable bonds is 5. The SMILES string of the molecule is COc1cc(/C=c2\sc3nc4ccccc4n3c2=O)ccc1OCc1ccc(C)cc1. The van der Waals surface area contributed by atoms with Gasteiger partial charge in [0.05, 0.1) is 22.7 Å². The molecule has 5 aromatic rings. The lowest BCUT2D eigenvalue weighted by Crippen LogP contribution is -2.22. The highest BCUT2D eigenvalue weighted by molar-refractivity contribution is 7.15. The number of aryl methyl sites for hydroxylation is 1. The molecule has 0 radical (unpaired) electrons. The number of benzene rings is 3. The van der Waals surface area contributed by atoms with Crippen molar-refractivity contribution >= 4 is 33.4 Å². The summed E-state index contributed by atoms with van der Waals surface area (Å²) in [6.45, 7) is 2.52. The zero-order valence-corrected chi connectivity index (χ0v) is 18.0. The summed E-state index contributed by atoms with van der Waals surface area (Å²) in [5.41, 5.74) is 4.77. The third kappa shape index (κ3) is 3.66. The fourth-order valence-corrected chi connectivity index (χ4v) is 4.49. The molecule has 2 heterocycles. The maximum absolute atomic E-state index is 13.0. The average Bonchev–Trinajstić information content (AvgIpc) is 3.30. The van der Waals surface area contributed by atoms with Gasteiger partial charge < -0.3 is 9.47 Å². The van der Waals surface area contributed by atoms with Crippen molar-refractivity contribution < 1.29 is 9.47 Å². The molecule has 0 aliphatic carbocycles. The fraction of sp³-hybridized carbons (Fsp3) is 0.120. The second-order valence-corrected chi connectivity index (χ2v) is 8.33. The Kier molecular flexibility index (Phi) is 4.92. The lowest BCUT2D eigenvalue weighted by Gasteiger charge is -2.11. The quantitative estimate of drug-likeness (QED) is 0.418. The molecule has 0 saturated heterocycles. The minimum atomic E-state index is -0.0626. The number of hydrogen-bond acceptors (Lipinski definition) is 5. The summed E-state index contributed by atoms with van der Waals surface area (Å²) in [5, 5.41) is 0. The van der Waals surface area contributed by atoms with Crippen LogP contribution in [0.4, 0.5) is 0 Å². The summed E-state index contributed by atoms with van der Waals surface area (Å²) in [7, 11) is 1.61. The molecule has 3 aromatic carbocycles. The van der Waals surface area contributed by atoms with Gasteiger partial charge in [-0.05, 0) is 48.4 Å². The van der Waals surface area contributed by atoms with Gasteiger partial charge in [-0.25, -0.2) is 9.38 Å². The van der Waals surface area contributed by atoms with Gasteiger partial charge in [0.2, 0.25) is 0 Å². The number of nitrogens with zero attached hydrogens (tertiary/aromatic N) is 2. The summed E-state index contributed by atoms with van der Waals surface area (Å²) in [6, 6.07) is 21.6. The van der Waals surface area contributed by atoms with Crippen molar-refractivity contribution in [2.45, 2.75) is 13.5 Å². The molecule has 0 unspecified atom stereocenters. The van der Waals surface area contributed by atoms with Gasteiger partial charge in [0.15, 0.2) is 16.5 Å². The van der Waals surface area contributed by atoms with Crippen molar-refractivity contribution in [2.24, 2.45) is 0 Å². The second kappa shape index (κ2) is 7.89. The fourth-order valence-electron chi connectivity index (χ4n) is 3.50. The van der Waals surface area contributed by atoms with Crippen LogP contribution in [-0.2, 0) is 6.61 Å². The van der Waals surface area contributed by atoms with E-state index in [4.69, 9.17) is 9.47 Å². The van der Waals surface area contributed by atoms with Gasteiger partial charge in [-0.15, -0.1) is 0 Å². The molecular formula is C25H20N2O3S. The van der Waals surface area contributed by atoms with Crippen molar-refractivity contribution in [3.63, 3.8) is 0 Å². The normalized spacial score (nSPS) is 12.0. The Morgan fingerprint density at radius 3 is 2.65 bits per heavy atom. The number of ether oxygens (including phenoxy) is 2. The Balaban J connectivity index is 1.46. The van der Waals surface area contributed by atoms with Gasteiger partial charge in [-0.2, -0.15) is 0 Å². The zero-order chi connectivity index (χ0) is 21.4. The number of methoxy groups -OCH3 is 1. The number of imidazole rings is 1. The maximum Gasteiger partial charge on any atom is 0.274 e. The second-order valence-electron chi connectivity index (χ2n) is 7.32. The zero-order valence-electron chi connectivity index (χ0n) is 17.2. The molecule has 0 amide bonds. The highest BCUT2D eigenvalue weighted by atomic mass is 32.1. The smallest absolute Gasteiger partial charge is 0.274 e. The maximum atomic E-state index is 13.0. The van der Waals surface area contributed by atoms with Gasteiger partial charge in [0, 0.05) is 0 Å². The van der Waals surface area contributed by atoms with Crippen LogP contribution < -0.4 is 19.6 Å². The van der Waals surface area contributed by atoms with E-state index in [1.165, 1.54) is 16.9 Å². The van der Waals surface area contributed by atoms with Crippen LogP contribution in [0.3, 0.4) is 0 Å². The average molecular weight is 429 g/mol. The Hall–Kier alpha value is -3.64. The molecule has 5 rings (SSSR count). The first-order valence-electron chi connectivity index (χ1n) is 9.90. The van der Waals surface area contributed by atoms with Gasteiger partial charge in [0.1, 0.15) is 6.61 Å². The van der Waals surface area contributed by atoms with Crippen molar-refractivity contribution in [3.8, 4) is 11.5 Å². The molecule has 0 atom stereocenters. The van der Waals surface area contributed by atoms with Crippen LogP contribution in [0, 0.1) is 6.92 Å². The molecule has 0 N–H and O–H groups in total. The number of fused-ring (bicyclic) bond motifs is 3. The molecule has 0 saturated carbocycles. The van der Waals surface area contributed by atoms with Gasteiger partial charge in [0.25, 0.3) is 5.56 Å². The van der Waals surface area contributed by atoms with Crippen molar-refractivity contribution in [1.29, 1.82) is 0 Å². The van der Waals surface area contributed by atoms with Gasteiger partial charge in [-0.1, -0.05) is 59.4 Å². The van der Waals surface area contributed by atoms with E-state index in [1.54, 1.807) is 11.5 Å². The van der Waals surface area contributed by atoms with Crippen molar-refractivity contribution in [1.82, 2.24) is 9.38 Å². The molecule has 2 aromatic heterocycles. The topological polar surface area (TPSA) is 52.8 Å². The number of thiazole rings is 1. The van der Waals surface area contributed by atoms with Crippen LogP contribution in [0.2, 0.25) is 0 Å². The summed E-state index contributed by atoms with van der Waals surface area (Å²) in [4.78, 5) is 18.2. The van der Waals surface area contributed by atoms with Gasteiger partial charge >= 0.3 is 0 Å². The minimum absolute atomic E-state index is 0.0626. The predicted molar refractivity (Wildman–Crippen MR) is 124 cm³/mol. The largest absolute Gasteiger partial charge is 0.493 e. The highest BCUT2D eigenvalue weighted by Crippen LogP contribution is 2.29. The van der Waals surface area contributed by atoms with Gasteiger partial charge in [-0.3, -0.25) is 4.79 Å². The summed E-state index contributed by atoms with van der Waals surface area (Å²) in [5.74, 6) is 1.29. The van der Waals surface area contributed by atoms with E-state index < -0.39 is 0 Å². The molecule has 0 bridgehead atoms. The van der Waals surface area contributed by atoms with E-state index >= 15 is 0 Å². The highest BCUT2D eigenvalue weighted by Gasteiger charge is 2.11. The van der Waals surface area contributed by atoms with Crippen molar-refractivity contribution in [3.05, 3.63) is 98.3 Å². The molecule has 5 nitrogen and oxygen atoms in total. The predicted octanol–water partition coefficient (Wildman–Crippen LogP) is 4.35. The van der Waals surface area contributed by atoms with Crippen LogP contribution in [-0.4, -0.2) is 16.5 Å². The van der Waals surface area contributed by atoms with Crippen LogP contribution >= 0.6 is 11.3 Å². The number of para-hydroxylation sites is 2. The lowest BCUT2D eigenvalue weighted by molar-refractivity contribution is 0.284. The number of aromatic nitrogens is 2. The van der Waals surface area contributed by atoms with Crippen LogP contribution in [0.25, 0.3) is 22.1 Å². The molecule has 0 fully saturated rings. The molecule has 0 spiro atoms. The first-order valence-corrected chi connectivity index (χ1v) is 10.7. The molecule has 31 heavy (non-hydrogen) atoms. The third-order valence-corrected chi connectivity index (χ3v) is 6.11. The van der Waals surface area contributed by atoms with Crippen LogP contribution in [0.15, 0.2) is 71.5 Å². The third-order valence-electron chi connectivity index (χ3n) is 5.15. The molecule has 0 aliphatic heterocycles. The lowest BCUT2D eigenvalue weighted by atomic mass is 10.1. The van der Waals surface area contributed by atoms with E-state index in [-0.39, 0.29) is 5.56 Å².